The lowest BCUT2D eigenvalue weighted by atomic mass is 10.1. The van der Waals surface area contributed by atoms with Gasteiger partial charge in [0.2, 0.25) is 11.8 Å². The lowest BCUT2D eigenvalue weighted by Gasteiger charge is -2.16. The molecule has 0 aliphatic carbocycles. The van der Waals surface area contributed by atoms with Crippen LogP contribution in [0.1, 0.15) is 11.1 Å². The first-order valence-electron chi connectivity index (χ1n) is 9.11. The van der Waals surface area contributed by atoms with Gasteiger partial charge in [0.1, 0.15) is 0 Å². The Morgan fingerprint density at radius 3 is 2.59 bits per heavy atom. The fourth-order valence-electron chi connectivity index (χ4n) is 2.85. The van der Waals surface area contributed by atoms with Crippen molar-refractivity contribution in [3.8, 4) is 5.69 Å². The molecule has 0 bridgehead atoms. The van der Waals surface area contributed by atoms with Crippen molar-refractivity contribution in [1.82, 2.24) is 20.2 Å². The SMILES string of the molecule is CNC(=O)CNC(=O)CSc1nc2ccccc2c(=O)n1-c1cccc(C)c1C. The van der Waals surface area contributed by atoms with Crippen molar-refractivity contribution >= 4 is 34.5 Å². The van der Waals surface area contributed by atoms with Crippen LogP contribution in [0.5, 0.6) is 0 Å². The molecule has 0 radical (unpaired) electrons. The zero-order chi connectivity index (χ0) is 21.0. The van der Waals surface area contributed by atoms with E-state index in [1.54, 1.807) is 22.8 Å². The Morgan fingerprint density at radius 1 is 1.07 bits per heavy atom. The zero-order valence-electron chi connectivity index (χ0n) is 16.5. The molecular formula is C21H22N4O3S. The van der Waals surface area contributed by atoms with Gasteiger partial charge in [-0.15, -0.1) is 0 Å². The van der Waals surface area contributed by atoms with Crippen molar-refractivity contribution < 1.29 is 9.59 Å². The van der Waals surface area contributed by atoms with E-state index in [0.29, 0.717) is 16.1 Å². The van der Waals surface area contributed by atoms with Crippen LogP contribution in [0.3, 0.4) is 0 Å². The first-order chi connectivity index (χ1) is 13.9. The van der Waals surface area contributed by atoms with E-state index in [9.17, 15) is 14.4 Å². The van der Waals surface area contributed by atoms with E-state index < -0.39 is 0 Å². The summed E-state index contributed by atoms with van der Waals surface area (Å²) in [7, 11) is 1.51. The largest absolute Gasteiger partial charge is 0.358 e. The Kier molecular flexibility index (Phi) is 6.33. The highest BCUT2D eigenvalue weighted by molar-refractivity contribution is 7.99. The highest BCUT2D eigenvalue weighted by Crippen LogP contribution is 2.24. The number of hydrogen-bond donors (Lipinski definition) is 2. The smallest absolute Gasteiger partial charge is 0.266 e. The Labute approximate surface area is 172 Å². The molecule has 0 fully saturated rings. The Bertz CT molecular complexity index is 1140. The van der Waals surface area contributed by atoms with Gasteiger partial charge in [-0.2, -0.15) is 0 Å². The Morgan fingerprint density at radius 2 is 1.83 bits per heavy atom. The summed E-state index contributed by atoms with van der Waals surface area (Å²) in [6, 6.07) is 12.9. The van der Waals surface area contributed by atoms with Crippen LogP contribution in [0.15, 0.2) is 52.4 Å². The van der Waals surface area contributed by atoms with Crippen molar-refractivity contribution in [1.29, 1.82) is 0 Å². The number of rotatable bonds is 6. The highest BCUT2D eigenvalue weighted by atomic mass is 32.2. The summed E-state index contributed by atoms with van der Waals surface area (Å²) < 4.78 is 1.56. The third-order valence-electron chi connectivity index (χ3n) is 4.62. The standard InChI is InChI=1S/C21H22N4O3S/c1-13-7-6-10-17(14(13)2)25-20(28)15-8-4-5-9-16(15)24-21(25)29-12-19(27)23-11-18(26)22-3/h4-10H,11-12H2,1-3H3,(H,22,26)(H,23,27). The molecule has 150 valence electrons. The predicted octanol–water partition coefficient (Wildman–Crippen LogP) is 1.96. The van der Waals surface area contributed by atoms with Crippen molar-refractivity contribution in [2.24, 2.45) is 0 Å². The maximum Gasteiger partial charge on any atom is 0.266 e. The Hall–Kier alpha value is -3.13. The van der Waals surface area contributed by atoms with Crippen LogP contribution < -0.4 is 16.2 Å². The number of aromatic nitrogens is 2. The van der Waals surface area contributed by atoms with E-state index in [1.807, 2.05) is 38.1 Å². The second kappa shape index (κ2) is 8.91. The average molecular weight is 410 g/mol. The summed E-state index contributed by atoms with van der Waals surface area (Å²) in [6.45, 7) is 3.85. The van der Waals surface area contributed by atoms with Gasteiger partial charge in [-0.1, -0.05) is 36.0 Å². The first-order valence-corrected chi connectivity index (χ1v) is 10.1. The Balaban J connectivity index is 2.01. The van der Waals surface area contributed by atoms with Crippen molar-refractivity contribution in [2.45, 2.75) is 19.0 Å². The molecule has 3 aromatic rings. The van der Waals surface area contributed by atoms with Crippen LogP contribution >= 0.6 is 11.8 Å². The number of para-hydroxylation sites is 1. The number of benzene rings is 2. The van der Waals surface area contributed by atoms with E-state index in [1.165, 1.54) is 7.05 Å². The van der Waals surface area contributed by atoms with Crippen molar-refractivity contribution in [3.63, 3.8) is 0 Å². The number of amides is 2. The van der Waals surface area contributed by atoms with E-state index in [-0.39, 0.29) is 29.7 Å². The van der Waals surface area contributed by atoms with Gasteiger partial charge < -0.3 is 10.6 Å². The molecule has 2 aromatic carbocycles. The molecule has 0 aliphatic rings. The fourth-order valence-corrected chi connectivity index (χ4v) is 3.68. The topological polar surface area (TPSA) is 93.1 Å². The molecule has 0 aliphatic heterocycles. The molecular weight excluding hydrogens is 388 g/mol. The number of thioether (sulfide) groups is 1. The van der Waals surface area contributed by atoms with Crippen molar-refractivity contribution in [3.05, 3.63) is 63.9 Å². The summed E-state index contributed by atoms with van der Waals surface area (Å²) in [4.78, 5) is 41.3. The first kappa shape index (κ1) is 20.6. The molecule has 7 nitrogen and oxygen atoms in total. The zero-order valence-corrected chi connectivity index (χ0v) is 17.3. The lowest BCUT2D eigenvalue weighted by molar-refractivity contribution is -0.124. The molecule has 1 aromatic heterocycles. The molecule has 8 heteroatoms. The third kappa shape index (κ3) is 4.48. The van der Waals surface area contributed by atoms with Gasteiger partial charge in [-0.05, 0) is 43.2 Å². The van der Waals surface area contributed by atoms with Crippen LogP contribution in [0.2, 0.25) is 0 Å². The van der Waals surface area contributed by atoms with E-state index >= 15 is 0 Å². The number of nitrogens with one attached hydrogen (secondary N) is 2. The molecule has 3 rings (SSSR count). The van der Waals surface area contributed by atoms with Gasteiger partial charge in [0.15, 0.2) is 5.16 Å². The van der Waals surface area contributed by atoms with Crippen LogP contribution in [-0.2, 0) is 9.59 Å². The van der Waals surface area contributed by atoms with Crippen LogP contribution in [0, 0.1) is 13.8 Å². The number of carbonyl (C=O) groups is 2. The number of hydrogen-bond acceptors (Lipinski definition) is 5. The monoisotopic (exact) mass is 410 g/mol. The van der Waals surface area contributed by atoms with Crippen LogP contribution in [0.25, 0.3) is 16.6 Å². The highest BCUT2D eigenvalue weighted by Gasteiger charge is 2.16. The summed E-state index contributed by atoms with van der Waals surface area (Å²) in [6.07, 6.45) is 0. The molecule has 0 spiro atoms. The normalized spacial score (nSPS) is 10.7. The average Bonchev–Trinajstić information content (AvgIpc) is 2.73. The summed E-state index contributed by atoms with van der Waals surface area (Å²) >= 11 is 1.16. The maximum atomic E-state index is 13.3. The molecule has 1 heterocycles. The van der Waals surface area contributed by atoms with Gasteiger partial charge in [0.25, 0.3) is 5.56 Å². The van der Waals surface area contributed by atoms with Crippen LogP contribution in [0.4, 0.5) is 0 Å². The number of carbonyl (C=O) groups excluding carboxylic acids is 2. The molecule has 2 N–H and O–H groups in total. The van der Waals surface area contributed by atoms with Crippen LogP contribution in [-0.4, -0.2) is 40.7 Å². The van der Waals surface area contributed by atoms with Gasteiger partial charge >= 0.3 is 0 Å². The molecule has 0 unspecified atom stereocenters. The van der Waals surface area contributed by atoms with E-state index in [4.69, 9.17) is 0 Å². The number of likely N-dealkylation sites (N-methyl/N-ethyl adjacent to an activating group) is 1. The predicted molar refractivity (Wildman–Crippen MR) is 115 cm³/mol. The minimum atomic E-state index is -0.312. The molecule has 2 amide bonds. The van der Waals surface area contributed by atoms with Crippen molar-refractivity contribution in [2.75, 3.05) is 19.3 Å². The molecule has 0 saturated heterocycles. The number of nitrogens with zero attached hydrogens (tertiary/aromatic N) is 2. The summed E-state index contributed by atoms with van der Waals surface area (Å²) in [5.41, 5.74) is 3.16. The van der Waals surface area contributed by atoms with Gasteiger partial charge in [0.05, 0.1) is 28.9 Å². The molecule has 29 heavy (non-hydrogen) atoms. The second-order valence-corrected chi connectivity index (χ2v) is 7.45. The lowest BCUT2D eigenvalue weighted by Crippen LogP contribution is -2.36. The molecule has 0 atom stereocenters. The van der Waals surface area contributed by atoms with E-state index in [2.05, 4.69) is 15.6 Å². The fraction of sp³-hybridized carbons (Fsp3) is 0.238. The minimum absolute atomic E-state index is 0.0344. The molecule has 0 saturated carbocycles. The summed E-state index contributed by atoms with van der Waals surface area (Å²) in [5.74, 6) is -0.555. The quantitative estimate of drug-likeness (QED) is 0.479. The van der Waals surface area contributed by atoms with Gasteiger partial charge in [-0.3, -0.25) is 19.0 Å². The third-order valence-corrected chi connectivity index (χ3v) is 5.56. The summed E-state index contributed by atoms with van der Waals surface area (Å²) in [5, 5.41) is 5.94. The minimum Gasteiger partial charge on any atom is -0.358 e. The second-order valence-electron chi connectivity index (χ2n) is 6.51. The van der Waals surface area contributed by atoms with Gasteiger partial charge in [-0.25, -0.2) is 4.98 Å². The van der Waals surface area contributed by atoms with E-state index in [0.717, 1.165) is 28.6 Å². The number of aryl methyl sites for hydroxylation is 1. The van der Waals surface area contributed by atoms with Gasteiger partial charge in [0, 0.05) is 7.05 Å². The number of fused-ring (bicyclic) bond motifs is 1. The maximum absolute atomic E-state index is 13.3.